The highest BCUT2D eigenvalue weighted by Gasteiger charge is 2.10. The third-order valence-corrected chi connectivity index (χ3v) is 2.59. The Hall–Kier alpha value is -1.95. The Bertz CT molecular complexity index is 423. The van der Waals surface area contributed by atoms with E-state index < -0.39 is 0 Å². The molecule has 0 aliphatic heterocycles. The molecule has 2 amide bonds. The number of nitrogens with zero attached hydrogens (tertiary/aromatic N) is 1. The fourth-order valence-corrected chi connectivity index (χ4v) is 1.57. The third kappa shape index (κ3) is 4.67. The van der Waals surface area contributed by atoms with Gasteiger partial charge in [-0.1, -0.05) is 6.07 Å². The largest absolute Gasteiger partial charge is 0.504 e. The Morgan fingerprint density at radius 2 is 2.16 bits per heavy atom. The first-order valence-corrected chi connectivity index (χ1v) is 5.92. The molecule has 0 unspecified atom stereocenters. The van der Waals surface area contributed by atoms with Crippen molar-refractivity contribution in [2.45, 2.75) is 6.54 Å². The third-order valence-electron chi connectivity index (χ3n) is 2.59. The van der Waals surface area contributed by atoms with E-state index in [9.17, 15) is 9.90 Å². The van der Waals surface area contributed by atoms with Crippen LogP contribution in [0.2, 0.25) is 0 Å². The lowest BCUT2D eigenvalue weighted by molar-refractivity contribution is 0.184. The molecule has 2 N–H and O–H groups in total. The summed E-state index contributed by atoms with van der Waals surface area (Å²) in [5, 5.41) is 12.4. The maximum atomic E-state index is 11.7. The van der Waals surface area contributed by atoms with Crippen LogP contribution in [0.1, 0.15) is 5.56 Å². The van der Waals surface area contributed by atoms with E-state index in [-0.39, 0.29) is 11.8 Å². The summed E-state index contributed by atoms with van der Waals surface area (Å²) < 4.78 is 9.81. The van der Waals surface area contributed by atoms with Gasteiger partial charge in [-0.15, -0.1) is 0 Å². The fourth-order valence-electron chi connectivity index (χ4n) is 1.57. The van der Waals surface area contributed by atoms with Crippen molar-refractivity contribution in [3.8, 4) is 11.5 Å². The number of amides is 2. The van der Waals surface area contributed by atoms with E-state index >= 15 is 0 Å². The molecule has 0 saturated heterocycles. The first kappa shape index (κ1) is 15.1. The summed E-state index contributed by atoms with van der Waals surface area (Å²) in [6.45, 7) is 1.34. The Morgan fingerprint density at radius 1 is 1.42 bits per heavy atom. The summed E-state index contributed by atoms with van der Waals surface area (Å²) in [6.07, 6.45) is 0. The highest BCUT2D eigenvalue weighted by molar-refractivity contribution is 5.73. The Kier molecular flexibility index (Phi) is 5.95. The van der Waals surface area contributed by atoms with Gasteiger partial charge in [-0.3, -0.25) is 0 Å². The van der Waals surface area contributed by atoms with Gasteiger partial charge in [0, 0.05) is 27.2 Å². The molecule has 1 aromatic carbocycles. The molecule has 6 heteroatoms. The second-order valence-electron chi connectivity index (χ2n) is 4.09. The molecule has 0 aromatic heterocycles. The molecular weight excluding hydrogens is 248 g/mol. The summed E-state index contributed by atoms with van der Waals surface area (Å²) in [4.78, 5) is 13.2. The average Bonchev–Trinajstić information content (AvgIpc) is 2.39. The zero-order valence-electron chi connectivity index (χ0n) is 11.5. The molecule has 6 nitrogen and oxygen atoms in total. The number of hydrogen-bond acceptors (Lipinski definition) is 4. The molecular formula is C13H20N2O4. The molecule has 1 aromatic rings. The SMILES string of the molecule is COCCNC(=O)N(C)Cc1ccc(OC)c(O)c1. The highest BCUT2D eigenvalue weighted by atomic mass is 16.5. The molecule has 0 saturated carbocycles. The van der Waals surface area contributed by atoms with Crippen molar-refractivity contribution in [2.24, 2.45) is 0 Å². The molecule has 0 bridgehead atoms. The van der Waals surface area contributed by atoms with Crippen LogP contribution >= 0.6 is 0 Å². The van der Waals surface area contributed by atoms with Crippen LogP contribution < -0.4 is 10.1 Å². The number of rotatable bonds is 6. The van der Waals surface area contributed by atoms with Crippen LogP contribution in [-0.2, 0) is 11.3 Å². The minimum atomic E-state index is -0.188. The predicted octanol–water partition coefficient (Wildman–Crippen LogP) is 1.19. The van der Waals surface area contributed by atoms with Crippen molar-refractivity contribution in [1.29, 1.82) is 0 Å². The van der Waals surface area contributed by atoms with Gasteiger partial charge >= 0.3 is 6.03 Å². The van der Waals surface area contributed by atoms with E-state index in [1.165, 1.54) is 12.0 Å². The fraction of sp³-hybridized carbons (Fsp3) is 0.462. The van der Waals surface area contributed by atoms with Crippen molar-refractivity contribution in [3.63, 3.8) is 0 Å². The summed E-state index contributed by atoms with van der Waals surface area (Å²) in [5.74, 6) is 0.476. The van der Waals surface area contributed by atoms with Crippen LogP contribution in [0.15, 0.2) is 18.2 Å². The number of phenols is 1. The number of benzene rings is 1. The minimum Gasteiger partial charge on any atom is -0.504 e. The van der Waals surface area contributed by atoms with Gasteiger partial charge in [-0.05, 0) is 17.7 Å². The Labute approximate surface area is 112 Å². The van der Waals surface area contributed by atoms with Gasteiger partial charge in [-0.2, -0.15) is 0 Å². The van der Waals surface area contributed by atoms with Gasteiger partial charge in [0.05, 0.1) is 13.7 Å². The van der Waals surface area contributed by atoms with Crippen molar-refractivity contribution in [1.82, 2.24) is 10.2 Å². The van der Waals surface area contributed by atoms with Gasteiger partial charge in [0.25, 0.3) is 0 Å². The zero-order chi connectivity index (χ0) is 14.3. The topological polar surface area (TPSA) is 71.0 Å². The van der Waals surface area contributed by atoms with Crippen molar-refractivity contribution in [3.05, 3.63) is 23.8 Å². The maximum absolute atomic E-state index is 11.7. The summed E-state index contributed by atoms with van der Waals surface area (Å²) in [5.41, 5.74) is 0.822. The number of urea groups is 1. The van der Waals surface area contributed by atoms with Gasteiger partial charge < -0.3 is 24.8 Å². The monoisotopic (exact) mass is 268 g/mol. The second-order valence-corrected chi connectivity index (χ2v) is 4.09. The van der Waals surface area contributed by atoms with Crippen LogP contribution in [0.4, 0.5) is 4.79 Å². The molecule has 0 atom stereocenters. The smallest absolute Gasteiger partial charge is 0.317 e. The molecule has 0 heterocycles. The highest BCUT2D eigenvalue weighted by Crippen LogP contribution is 2.26. The number of carbonyl (C=O) groups excluding carboxylic acids is 1. The van der Waals surface area contributed by atoms with Crippen LogP contribution in [-0.4, -0.2) is 50.5 Å². The van der Waals surface area contributed by atoms with Crippen LogP contribution in [0.3, 0.4) is 0 Å². The van der Waals surface area contributed by atoms with E-state index in [2.05, 4.69) is 5.32 Å². The number of nitrogens with one attached hydrogen (secondary N) is 1. The molecule has 0 fully saturated rings. The lowest BCUT2D eigenvalue weighted by Gasteiger charge is -2.18. The van der Waals surface area contributed by atoms with E-state index in [0.717, 1.165) is 5.56 Å². The van der Waals surface area contributed by atoms with Gasteiger partial charge in [-0.25, -0.2) is 4.79 Å². The van der Waals surface area contributed by atoms with Crippen LogP contribution in [0.5, 0.6) is 11.5 Å². The van der Waals surface area contributed by atoms with E-state index in [1.54, 1.807) is 32.4 Å². The molecule has 0 radical (unpaired) electrons. The van der Waals surface area contributed by atoms with Crippen LogP contribution in [0.25, 0.3) is 0 Å². The number of carbonyl (C=O) groups is 1. The molecule has 106 valence electrons. The standard InChI is InChI=1S/C13H20N2O4/c1-15(13(17)14-6-7-18-2)9-10-4-5-12(19-3)11(16)8-10/h4-5,8,16H,6-7,9H2,1-3H3,(H,14,17). The lowest BCUT2D eigenvalue weighted by Crippen LogP contribution is -2.38. The summed E-state index contributed by atoms with van der Waals surface area (Å²) >= 11 is 0. The molecule has 0 aliphatic carbocycles. The maximum Gasteiger partial charge on any atom is 0.317 e. The van der Waals surface area contributed by atoms with Crippen molar-refractivity contribution < 1.29 is 19.4 Å². The molecule has 0 aliphatic rings. The zero-order valence-corrected chi connectivity index (χ0v) is 11.5. The number of methoxy groups -OCH3 is 2. The van der Waals surface area contributed by atoms with Gasteiger partial charge in [0.1, 0.15) is 0 Å². The van der Waals surface area contributed by atoms with Crippen molar-refractivity contribution >= 4 is 6.03 Å². The minimum absolute atomic E-state index is 0.0631. The number of hydrogen-bond donors (Lipinski definition) is 2. The average molecular weight is 268 g/mol. The van der Waals surface area contributed by atoms with E-state index in [0.29, 0.717) is 25.4 Å². The quantitative estimate of drug-likeness (QED) is 0.760. The number of aromatic hydroxyl groups is 1. The summed E-state index contributed by atoms with van der Waals surface area (Å²) in [6, 6.07) is 4.86. The van der Waals surface area contributed by atoms with Gasteiger partial charge in [0.15, 0.2) is 11.5 Å². The lowest BCUT2D eigenvalue weighted by atomic mass is 10.2. The van der Waals surface area contributed by atoms with E-state index in [1.807, 2.05) is 0 Å². The van der Waals surface area contributed by atoms with Crippen LogP contribution in [0, 0.1) is 0 Å². The first-order chi connectivity index (χ1) is 9.08. The number of phenolic OH excluding ortho intramolecular Hbond substituents is 1. The molecule has 1 rings (SSSR count). The molecule has 0 spiro atoms. The predicted molar refractivity (Wildman–Crippen MR) is 71.4 cm³/mol. The normalized spacial score (nSPS) is 10.1. The summed E-state index contributed by atoms with van der Waals surface area (Å²) in [7, 11) is 4.75. The number of ether oxygens (including phenoxy) is 2. The Morgan fingerprint density at radius 3 is 2.74 bits per heavy atom. The molecule has 19 heavy (non-hydrogen) atoms. The second kappa shape index (κ2) is 7.48. The van der Waals surface area contributed by atoms with E-state index in [4.69, 9.17) is 9.47 Å². The van der Waals surface area contributed by atoms with Gasteiger partial charge in [0.2, 0.25) is 0 Å². The Balaban J connectivity index is 2.54. The van der Waals surface area contributed by atoms with Crippen molar-refractivity contribution in [2.75, 3.05) is 34.4 Å². The first-order valence-electron chi connectivity index (χ1n) is 5.92.